The smallest absolute Gasteiger partial charge is 0.416 e. The summed E-state index contributed by atoms with van der Waals surface area (Å²) in [5.41, 5.74) is 0.916. The number of carbonyl (C=O) groups is 2. The molecule has 3 aromatic carbocycles. The first kappa shape index (κ1) is 24.3. The quantitative estimate of drug-likeness (QED) is 0.357. The van der Waals surface area contributed by atoms with Gasteiger partial charge in [0.2, 0.25) is 0 Å². The van der Waals surface area contributed by atoms with Crippen molar-refractivity contribution in [2.75, 3.05) is 25.6 Å². The fraction of sp³-hybridized carbons (Fsp3) is 0.231. The Kier molecular flexibility index (Phi) is 7.07. The van der Waals surface area contributed by atoms with Crippen LogP contribution in [0.1, 0.15) is 43.5 Å². The van der Waals surface area contributed by atoms with Crippen LogP contribution in [0.2, 0.25) is 0 Å². The predicted molar refractivity (Wildman–Crippen MR) is 122 cm³/mol. The molecule has 3 aromatic rings. The van der Waals surface area contributed by atoms with E-state index >= 15 is 0 Å². The lowest BCUT2D eigenvalue weighted by atomic mass is 9.93. The zero-order valence-corrected chi connectivity index (χ0v) is 18.7. The molecule has 0 radical (unpaired) electrons. The molecule has 0 aromatic heterocycles. The maximum Gasteiger partial charge on any atom is 0.416 e. The van der Waals surface area contributed by atoms with E-state index in [9.17, 15) is 22.8 Å². The fourth-order valence-corrected chi connectivity index (χ4v) is 3.75. The molecule has 0 saturated carbocycles. The summed E-state index contributed by atoms with van der Waals surface area (Å²) in [5.74, 6) is -1.06. The van der Waals surface area contributed by atoms with Crippen molar-refractivity contribution in [2.45, 2.75) is 18.7 Å². The van der Waals surface area contributed by atoms with E-state index < -0.39 is 29.7 Å². The SMILES string of the molecule is COCCOc1ccc(C(F)(F)F)cc1NC(=O)c1ccc2c(c1)C[C@@H](c1ccccc1)OC2=O. The molecule has 1 atom stereocenters. The number of alkyl halides is 3. The first-order valence-corrected chi connectivity index (χ1v) is 10.8. The zero-order valence-electron chi connectivity index (χ0n) is 18.7. The van der Waals surface area contributed by atoms with E-state index in [1.807, 2.05) is 30.3 Å². The average Bonchev–Trinajstić information content (AvgIpc) is 2.84. The molecule has 0 saturated heterocycles. The van der Waals surface area contributed by atoms with Gasteiger partial charge in [0.1, 0.15) is 18.5 Å². The molecule has 1 amide bonds. The van der Waals surface area contributed by atoms with Gasteiger partial charge in [0.15, 0.2) is 0 Å². The molecule has 9 heteroatoms. The van der Waals surface area contributed by atoms with Gasteiger partial charge in [-0.25, -0.2) is 4.79 Å². The molecule has 4 rings (SSSR count). The van der Waals surface area contributed by atoms with Gasteiger partial charge in [-0.2, -0.15) is 13.2 Å². The molecular formula is C26H22F3NO5. The number of amides is 1. The molecule has 1 aliphatic rings. The summed E-state index contributed by atoms with van der Waals surface area (Å²) in [6.45, 7) is 0.310. The van der Waals surface area contributed by atoms with Crippen LogP contribution in [0.15, 0.2) is 66.7 Å². The number of methoxy groups -OCH3 is 1. The van der Waals surface area contributed by atoms with Gasteiger partial charge in [-0.05, 0) is 47.5 Å². The highest BCUT2D eigenvalue weighted by Crippen LogP contribution is 2.36. The van der Waals surface area contributed by atoms with Crippen LogP contribution in [0.25, 0.3) is 0 Å². The van der Waals surface area contributed by atoms with E-state index in [2.05, 4.69) is 5.32 Å². The molecule has 182 valence electrons. The minimum absolute atomic E-state index is 0.0779. The van der Waals surface area contributed by atoms with E-state index in [1.54, 1.807) is 6.07 Å². The van der Waals surface area contributed by atoms with Crippen molar-refractivity contribution in [3.63, 3.8) is 0 Å². The number of carbonyl (C=O) groups excluding carboxylic acids is 2. The Bertz CT molecular complexity index is 1230. The van der Waals surface area contributed by atoms with E-state index in [4.69, 9.17) is 14.2 Å². The number of halogens is 3. The summed E-state index contributed by atoms with van der Waals surface area (Å²) in [7, 11) is 1.47. The Hall–Kier alpha value is -3.85. The Morgan fingerprint density at radius 1 is 1.06 bits per heavy atom. The largest absolute Gasteiger partial charge is 0.489 e. The van der Waals surface area contributed by atoms with Gasteiger partial charge in [-0.3, -0.25) is 4.79 Å². The zero-order chi connectivity index (χ0) is 25.0. The van der Waals surface area contributed by atoms with Gasteiger partial charge in [-0.1, -0.05) is 30.3 Å². The number of benzene rings is 3. The summed E-state index contributed by atoms with van der Waals surface area (Å²) >= 11 is 0. The molecular weight excluding hydrogens is 463 g/mol. The van der Waals surface area contributed by atoms with Gasteiger partial charge in [0.25, 0.3) is 5.91 Å². The monoisotopic (exact) mass is 485 g/mol. The topological polar surface area (TPSA) is 73.9 Å². The van der Waals surface area contributed by atoms with Crippen LogP contribution in [-0.4, -0.2) is 32.2 Å². The Morgan fingerprint density at radius 3 is 2.54 bits per heavy atom. The molecule has 0 aliphatic carbocycles. The van der Waals surface area contributed by atoms with Crippen LogP contribution in [-0.2, 0) is 22.1 Å². The maximum atomic E-state index is 13.3. The normalized spacial score (nSPS) is 15.2. The van der Waals surface area contributed by atoms with Crippen LogP contribution in [0.5, 0.6) is 5.75 Å². The summed E-state index contributed by atoms with van der Waals surface area (Å²) in [4.78, 5) is 25.5. The third-order valence-electron chi connectivity index (χ3n) is 5.51. The second kappa shape index (κ2) is 10.2. The highest BCUT2D eigenvalue weighted by Gasteiger charge is 2.32. The summed E-state index contributed by atoms with van der Waals surface area (Å²) in [5, 5.41) is 2.51. The number of ether oxygens (including phenoxy) is 3. The number of esters is 1. The number of anilines is 1. The van der Waals surface area contributed by atoms with Crippen molar-refractivity contribution < 1.29 is 37.0 Å². The molecule has 6 nitrogen and oxygen atoms in total. The second-order valence-corrected chi connectivity index (χ2v) is 7.88. The van der Waals surface area contributed by atoms with Crippen molar-refractivity contribution in [2.24, 2.45) is 0 Å². The van der Waals surface area contributed by atoms with E-state index in [1.165, 1.54) is 19.2 Å². The lowest BCUT2D eigenvalue weighted by Gasteiger charge is -2.25. The van der Waals surface area contributed by atoms with Gasteiger partial charge in [0.05, 0.1) is 23.4 Å². The molecule has 0 unspecified atom stereocenters. The van der Waals surface area contributed by atoms with E-state index in [0.717, 1.165) is 23.8 Å². The number of hydrogen-bond donors (Lipinski definition) is 1. The minimum atomic E-state index is -4.59. The predicted octanol–water partition coefficient (Wildman–Crippen LogP) is 5.44. The third-order valence-corrected chi connectivity index (χ3v) is 5.51. The molecule has 0 bridgehead atoms. The molecule has 35 heavy (non-hydrogen) atoms. The number of cyclic esters (lactones) is 1. The number of fused-ring (bicyclic) bond motifs is 1. The molecule has 1 N–H and O–H groups in total. The van der Waals surface area contributed by atoms with Crippen LogP contribution in [0, 0.1) is 0 Å². The van der Waals surface area contributed by atoms with Crippen molar-refractivity contribution in [1.82, 2.24) is 0 Å². The highest BCUT2D eigenvalue weighted by atomic mass is 19.4. The number of hydrogen-bond acceptors (Lipinski definition) is 5. The lowest BCUT2D eigenvalue weighted by molar-refractivity contribution is -0.137. The number of nitrogens with one attached hydrogen (secondary N) is 1. The van der Waals surface area contributed by atoms with E-state index in [-0.39, 0.29) is 30.2 Å². The fourth-order valence-electron chi connectivity index (χ4n) is 3.75. The minimum Gasteiger partial charge on any atom is -0.489 e. The first-order valence-electron chi connectivity index (χ1n) is 10.8. The summed E-state index contributed by atoms with van der Waals surface area (Å²) < 4.78 is 55.7. The lowest BCUT2D eigenvalue weighted by Crippen LogP contribution is -2.23. The molecule has 1 aliphatic heterocycles. The summed E-state index contributed by atoms with van der Waals surface area (Å²) in [6, 6.07) is 16.5. The second-order valence-electron chi connectivity index (χ2n) is 7.88. The van der Waals surface area contributed by atoms with Gasteiger partial charge >= 0.3 is 12.1 Å². The Morgan fingerprint density at radius 2 is 1.83 bits per heavy atom. The standard InChI is InChI=1S/C26H22F3NO5/c1-33-11-12-34-22-10-8-19(26(27,28)29)15-21(22)30-24(31)17-7-9-20-18(13-17)14-23(35-25(20)32)16-5-3-2-4-6-16/h2-10,13,15,23H,11-12,14H2,1H3,(H,30,31)/t23-/m0/s1. The highest BCUT2D eigenvalue weighted by molar-refractivity contribution is 6.06. The Labute approximate surface area is 199 Å². The molecule has 0 spiro atoms. The average molecular weight is 485 g/mol. The number of rotatable bonds is 7. The Balaban J connectivity index is 1.59. The van der Waals surface area contributed by atoms with Crippen molar-refractivity contribution in [3.05, 3.63) is 94.5 Å². The van der Waals surface area contributed by atoms with E-state index in [0.29, 0.717) is 17.5 Å². The van der Waals surface area contributed by atoms with Crippen molar-refractivity contribution in [1.29, 1.82) is 0 Å². The van der Waals surface area contributed by atoms with Crippen molar-refractivity contribution >= 4 is 17.6 Å². The third kappa shape index (κ3) is 5.63. The summed E-state index contributed by atoms with van der Waals surface area (Å²) in [6.07, 6.45) is -4.73. The first-order chi connectivity index (χ1) is 16.8. The van der Waals surface area contributed by atoms with Gasteiger partial charge < -0.3 is 19.5 Å². The van der Waals surface area contributed by atoms with Gasteiger partial charge in [-0.15, -0.1) is 0 Å². The molecule has 0 fully saturated rings. The van der Waals surface area contributed by atoms with Gasteiger partial charge in [0, 0.05) is 19.1 Å². The maximum absolute atomic E-state index is 13.3. The van der Waals surface area contributed by atoms with Crippen LogP contribution in [0.4, 0.5) is 18.9 Å². The molecule has 1 heterocycles. The van der Waals surface area contributed by atoms with Crippen LogP contribution in [0.3, 0.4) is 0 Å². The van der Waals surface area contributed by atoms with Crippen LogP contribution < -0.4 is 10.1 Å². The van der Waals surface area contributed by atoms with Crippen LogP contribution >= 0.6 is 0 Å². The van der Waals surface area contributed by atoms with Crippen molar-refractivity contribution in [3.8, 4) is 5.75 Å².